The molecule has 1 aliphatic rings. The number of hydrogen-bond acceptors (Lipinski definition) is 2. The molecule has 1 unspecified atom stereocenters. The van der Waals surface area contributed by atoms with Crippen molar-refractivity contribution in [3.8, 4) is 0 Å². The highest BCUT2D eigenvalue weighted by atomic mass is 19.2. The molecule has 0 spiro atoms. The van der Waals surface area contributed by atoms with Crippen LogP contribution in [0, 0.1) is 23.3 Å². The molecule has 0 saturated carbocycles. The summed E-state index contributed by atoms with van der Waals surface area (Å²) >= 11 is 0. The van der Waals surface area contributed by atoms with Gasteiger partial charge in [-0.2, -0.15) is 0 Å². The second kappa shape index (κ2) is 5.14. The fourth-order valence-electron chi connectivity index (χ4n) is 2.23. The molecule has 6 heteroatoms. The monoisotopic (exact) mass is 262 g/mol. The first-order valence-corrected chi connectivity index (χ1v) is 5.86. The fourth-order valence-corrected chi connectivity index (χ4v) is 2.23. The highest BCUT2D eigenvalue weighted by Gasteiger charge is 2.29. The predicted octanol–water partition coefficient (Wildman–Crippen LogP) is 2.43. The lowest BCUT2D eigenvalue weighted by atomic mass is 10.1. The van der Waals surface area contributed by atoms with Gasteiger partial charge in [-0.3, -0.25) is 0 Å². The first kappa shape index (κ1) is 13.1. The Bertz CT molecular complexity index is 424. The Morgan fingerprint density at radius 1 is 1.22 bits per heavy atom. The Kier molecular flexibility index (Phi) is 3.75. The number of anilines is 1. The average molecular weight is 262 g/mol. The zero-order valence-electron chi connectivity index (χ0n) is 9.94. The van der Waals surface area contributed by atoms with E-state index in [9.17, 15) is 17.6 Å². The van der Waals surface area contributed by atoms with Crippen LogP contribution in [-0.4, -0.2) is 25.7 Å². The summed E-state index contributed by atoms with van der Waals surface area (Å²) in [6.45, 7) is 3.23. The Morgan fingerprint density at radius 2 is 1.83 bits per heavy atom. The van der Waals surface area contributed by atoms with E-state index in [4.69, 9.17) is 0 Å². The normalized spacial score (nSPS) is 20.3. The van der Waals surface area contributed by atoms with Gasteiger partial charge in [0.15, 0.2) is 23.3 Å². The van der Waals surface area contributed by atoms with Crippen LogP contribution in [0.1, 0.15) is 13.3 Å². The van der Waals surface area contributed by atoms with Crippen molar-refractivity contribution in [2.45, 2.75) is 19.4 Å². The van der Waals surface area contributed by atoms with Gasteiger partial charge < -0.3 is 10.2 Å². The lowest BCUT2D eigenvalue weighted by molar-refractivity contribution is 0.419. The molecule has 1 aromatic rings. The molecule has 1 saturated heterocycles. The van der Waals surface area contributed by atoms with Gasteiger partial charge >= 0.3 is 0 Å². The summed E-state index contributed by atoms with van der Waals surface area (Å²) in [6.07, 6.45) is 0.629. The third-order valence-corrected chi connectivity index (χ3v) is 3.20. The Hall–Kier alpha value is -1.30. The lowest BCUT2D eigenvalue weighted by Crippen LogP contribution is -2.51. The molecule has 1 aliphatic heterocycles. The first-order chi connectivity index (χ1) is 8.56. The maximum absolute atomic E-state index is 13.7. The molecule has 1 N–H and O–H groups in total. The highest BCUT2D eigenvalue weighted by Crippen LogP contribution is 2.30. The third-order valence-electron chi connectivity index (χ3n) is 3.20. The minimum absolute atomic E-state index is 0.177. The number of nitrogens with zero attached hydrogens (tertiary/aromatic N) is 1. The quantitative estimate of drug-likeness (QED) is 0.650. The van der Waals surface area contributed by atoms with Gasteiger partial charge in [0.2, 0.25) is 0 Å². The molecular weight excluding hydrogens is 248 g/mol. The van der Waals surface area contributed by atoms with Crippen molar-refractivity contribution in [1.82, 2.24) is 5.32 Å². The van der Waals surface area contributed by atoms with Crippen molar-refractivity contribution in [1.29, 1.82) is 0 Å². The molecule has 0 bridgehead atoms. The average Bonchev–Trinajstić information content (AvgIpc) is 2.37. The van der Waals surface area contributed by atoms with Crippen molar-refractivity contribution in [2.24, 2.45) is 0 Å². The van der Waals surface area contributed by atoms with E-state index in [0.29, 0.717) is 26.1 Å². The van der Waals surface area contributed by atoms with E-state index in [1.165, 1.54) is 4.90 Å². The second-order valence-corrected chi connectivity index (χ2v) is 4.28. The van der Waals surface area contributed by atoms with Crippen LogP contribution < -0.4 is 10.2 Å². The van der Waals surface area contributed by atoms with Gasteiger partial charge in [-0.15, -0.1) is 0 Å². The van der Waals surface area contributed by atoms with Crippen molar-refractivity contribution in [3.05, 3.63) is 29.3 Å². The molecule has 0 aliphatic carbocycles. The van der Waals surface area contributed by atoms with Crippen LogP contribution in [0.4, 0.5) is 23.2 Å². The fraction of sp³-hybridized carbons (Fsp3) is 0.500. The molecule has 0 aromatic heterocycles. The second-order valence-electron chi connectivity index (χ2n) is 4.28. The molecule has 1 atom stereocenters. The molecule has 2 nitrogen and oxygen atoms in total. The van der Waals surface area contributed by atoms with E-state index < -0.39 is 29.0 Å². The number of rotatable bonds is 2. The number of piperazine rings is 1. The molecule has 2 rings (SSSR count). The van der Waals surface area contributed by atoms with Crippen LogP contribution in [0.2, 0.25) is 0 Å². The van der Waals surface area contributed by atoms with Crippen LogP contribution in [0.5, 0.6) is 0 Å². The van der Waals surface area contributed by atoms with Crippen molar-refractivity contribution >= 4 is 5.69 Å². The van der Waals surface area contributed by atoms with Crippen LogP contribution in [0.3, 0.4) is 0 Å². The third kappa shape index (κ3) is 2.16. The van der Waals surface area contributed by atoms with E-state index in [-0.39, 0.29) is 12.1 Å². The van der Waals surface area contributed by atoms with Crippen LogP contribution in [-0.2, 0) is 0 Å². The van der Waals surface area contributed by atoms with E-state index >= 15 is 0 Å². The van der Waals surface area contributed by atoms with Gasteiger partial charge in [0.25, 0.3) is 0 Å². The molecule has 0 amide bonds. The predicted molar refractivity (Wildman–Crippen MR) is 60.6 cm³/mol. The van der Waals surface area contributed by atoms with E-state index in [0.717, 1.165) is 0 Å². The molecule has 18 heavy (non-hydrogen) atoms. The number of halogens is 4. The standard InChI is InChI=1S/C12H14F4N2/c1-2-7-6-17-3-4-18(7)12-10(15)8(13)5-9(14)11(12)16/h5,7,17H,2-4,6H2,1H3. The SMILES string of the molecule is CCC1CNCCN1c1c(F)c(F)cc(F)c1F. The Labute approximate surface area is 103 Å². The minimum atomic E-state index is -1.36. The minimum Gasteiger partial charge on any atom is -0.361 e. The number of hydrogen-bond donors (Lipinski definition) is 1. The molecular formula is C12H14F4N2. The lowest BCUT2D eigenvalue weighted by Gasteiger charge is -2.37. The highest BCUT2D eigenvalue weighted by molar-refractivity contribution is 5.51. The Morgan fingerprint density at radius 3 is 2.39 bits per heavy atom. The van der Waals surface area contributed by atoms with Gasteiger partial charge in [-0.25, -0.2) is 17.6 Å². The summed E-state index contributed by atoms with van der Waals surface area (Å²) in [5.41, 5.74) is -0.596. The molecule has 100 valence electrons. The Balaban J connectivity index is 2.48. The van der Waals surface area contributed by atoms with Gasteiger partial charge in [-0.05, 0) is 6.42 Å². The van der Waals surface area contributed by atoms with Crippen molar-refractivity contribution in [2.75, 3.05) is 24.5 Å². The summed E-state index contributed by atoms with van der Waals surface area (Å²) in [6, 6.07) is 0.0565. The zero-order chi connectivity index (χ0) is 13.3. The van der Waals surface area contributed by atoms with Crippen LogP contribution in [0.15, 0.2) is 6.07 Å². The van der Waals surface area contributed by atoms with E-state index in [2.05, 4.69) is 5.32 Å². The summed E-state index contributed by atoms with van der Waals surface area (Å²) in [5.74, 6) is -5.38. The van der Waals surface area contributed by atoms with Crippen LogP contribution in [0.25, 0.3) is 0 Å². The van der Waals surface area contributed by atoms with Crippen molar-refractivity contribution < 1.29 is 17.6 Å². The summed E-state index contributed by atoms with van der Waals surface area (Å²) < 4.78 is 53.8. The van der Waals surface area contributed by atoms with Gasteiger partial charge in [0.05, 0.1) is 0 Å². The first-order valence-electron chi connectivity index (χ1n) is 5.86. The largest absolute Gasteiger partial charge is 0.361 e. The van der Waals surface area contributed by atoms with Gasteiger partial charge in [0, 0.05) is 31.7 Å². The zero-order valence-corrected chi connectivity index (χ0v) is 9.94. The van der Waals surface area contributed by atoms with Crippen molar-refractivity contribution in [3.63, 3.8) is 0 Å². The van der Waals surface area contributed by atoms with Crippen LogP contribution >= 0.6 is 0 Å². The molecule has 1 fully saturated rings. The summed E-state index contributed by atoms with van der Waals surface area (Å²) in [5, 5.41) is 3.08. The maximum atomic E-state index is 13.7. The maximum Gasteiger partial charge on any atom is 0.185 e. The smallest absolute Gasteiger partial charge is 0.185 e. The number of benzene rings is 1. The number of nitrogens with one attached hydrogen (secondary N) is 1. The van der Waals surface area contributed by atoms with E-state index in [1.54, 1.807) is 0 Å². The van der Waals surface area contributed by atoms with Gasteiger partial charge in [0.1, 0.15) is 5.69 Å². The topological polar surface area (TPSA) is 15.3 Å². The summed E-state index contributed by atoms with van der Waals surface area (Å²) in [4.78, 5) is 1.40. The van der Waals surface area contributed by atoms with Gasteiger partial charge in [-0.1, -0.05) is 6.92 Å². The molecule has 0 radical (unpaired) electrons. The molecule has 1 heterocycles. The van der Waals surface area contributed by atoms with E-state index in [1.807, 2.05) is 6.92 Å². The molecule has 1 aromatic carbocycles. The summed E-state index contributed by atoms with van der Waals surface area (Å²) in [7, 11) is 0.